The third-order valence-corrected chi connectivity index (χ3v) is 4.66. The molecule has 0 radical (unpaired) electrons. The van der Waals surface area contributed by atoms with E-state index < -0.39 is 5.82 Å². The van der Waals surface area contributed by atoms with Gasteiger partial charge in [0.05, 0.1) is 12.7 Å². The van der Waals surface area contributed by atoms with Crippen molar-refractivity contribution in [3.8, 4) is 17.1 Å². The predicted molar refractivity (Wildman–Crippen MR) is 100 cm³/mol. The van der Waals surface area contributed by atoms with Crippen molar-refractivity contribution >= 4 is 11.7 Å². The summed E-state index contributed by atoms with van der Waals surface area (Å²) in [5.74, 6) is 1.01. The zero-order valence-corrected chi connectivity index (χ0v) is 15.3. The monoisotopic (exact) mass is 382 g/mol. The quantitative estimate of drug-likeness (QED) is 0.729. The Kier molecular flexibility index (Phi) is 4.92. The highest BCUT2D eigenvalue weighted by atomic mass is 19.1. The topological polar surface area (TPSA) is 80.5 Å². The highest BCUT2D eigenvalue weighted by molar-refractivity contribution is 5.89. The van der Waals surface area contributed by atoms with E-state index in [4.69, 9.17) is 9.26 Å². The lowest BCUT2D eigenvalue weighted by Crippen LogP contribution is -2.34. The third-order valence-electron chi connectivity index (χ3n) is 4.66. The van der Waals surface area contributed by atoms with Gasteiger partial charge in [-0.05, 0) is 43.2 Å². The van der Waals surface area contributed by atoms with Crippen LogP contribution in [-0.2, 0) is 0 Å². The van der Waals surface area contributed by atoms with Crippen LogP contribution in [0.25, 0.3) is 11.4 Å². The molecule has 1 atom stereocenters. The number of carbonyl (C=O) groups is 1. The molecule has 4 rings (SSSR count). The van der Waals surface area contributed by atoms with Crippen molar-refractivity contribution in [2.75, 3.05) is 19.0 Å². The summed E-state index contributed by atoms with van der Waals surface area (Å²) in [6, 6.07) is 12.5. The SMILES string of the molecule is COc1ccccc1-c1noc(C2CCCN2C(=O)Nc2cccc(F)c2)n1. The highest BCUT2D eigenvalue weighted by Crippen LogP contribution is 2.34. The Morgan fingerprint density at radius 3 is 2.96 bits per heavy atom. The third kappa shape index (κ3) is 3.53. The average Bonchev–Trinajstić information content (AvgIpc) is 3.37. The molecule has 0 aliphatic carbocycles. The lowest BCUT2D eigenvalue weighted by atomic mass is 10.2. The summed E-state index contributed by atoms with van der Waals surface area (Å²) in [6.45, 7) is 0.554. The number of para-hydroxylation sites is 1. The number of carbonyl (C=O) groups excluding carboxylic acids is 1. The molecule has 1 saturated heterocycles. The van der Waals surface area contributed by atoms with E-state index in [1.807, 2.05) is 24.3 Å². The lowest BCUT2D eigenvalue weighted by molar-refractivity contribution is 0.193. The summed E-state index contributed by atoms with van der Waals surface area (Å²) in [6.07, 6.45) is 1.53. The van der Waals surface area contributed by atoms with Crippen molar-refractivity contribution in [1.29, 1.82) is 0 Å². The Bertz CT molecular complexity index is 991. The summed E-state index contributed by atoms with van der Waals surface area (Å²) >= 11 is 0. The number of likely N-dealkylation sites (tertiary alicyclic amines) is 1. The first-order chi connectivity index (χ1) is 13.7. The molecule has 1 fully saturated rings. The van der Waals surface area contributed by atoms with E-state index in [1.165, 1.54) is 12.1 Å². The molecule has 1 aliphatic heterocycles. The van der Waals surface area contributed by atoms with Gasteiger partial charge in [-0.25, -0.2) is 9.18 Å². The number of ether oxygens (including phenoxy) is 1. The molecule has 0 bridgehead atoms. The van der Waals surface area contributed by atoms with Gasteiger partial charge in [-0.15, -0.1) is 0 Å². The van der Waals surface area contributed by atoms with Gasteiger partial charge in [-0.2, -0.15) is 4.98 Å². The fourth-order valence-corrected chi connectivity index (χ4v) is 3.34. The number of anilines is 1. The minimum absolute atomic E-state index is 0.329. The number of aromatic nitrogens is 2. The van der Waals surface area contributed by atoms with Crippen LogP contribution in [0.15, 0.2) is 53.1 Å². The van der Waals surface area contributed by atoms with Crippen LogP contribution in [-0.4, -0.2) is 34.7 Å². The van der Waals surface area contributed by atoms with Gasteiger partial charge in [-0.3, -0.25) is 0 Å². The number of methoxy groups -OCH3 is 1. The normalized spacial score (nSPS) is 16.2. The summed E-state index contributed by atoms with van der Waals surface area (Å²) in [4.78, 5) is 18.8. The molecule has 2 heterocycles. The first kappa shape index (κ1) is 18.0. The predicted octanol–water partition coefficient (Wildman–Crippen LogP) is 4.25. The van der Waals surface area contributed by atoms with Crippen LogP contribution < -0.4 is 10.1 Å². The van der Waals surface area contributed by atoms with Gasteiger partial charge in [0.1, 0.15) is 17.6 Å². The second-order valence-corrected chi connectivity index (χ2v) is 6.45. The van der Waals surface area contributed by atoms with Gasteiger partial charge >= 0.3 is 6.03 Å². The molecular formula is C20H19FN4O3. The van der Waals surface area contributed by atoms with Crippen molar-refractivity contribution in [1.82, 2.24) is 15.0 Å². The maximum Gasteiger partial charge on any atom is 0.322 e. The molecule has 28 heavy (non-hydrogen) atoms. The van der Waals surface area contributed by atoms with Crippen LogP contribution in [0.5, 0.6) is 5.75 Å². The van der Waals surface area contributed by atoms with Gasteiger partial charge in [0.25, 0.3) is 0 Å². The van der Waals surface area contributed by atoms with E-state index in [0.717, 1.165) is 6.42 Å². The van der Waals surface area contributed by atoms with Crippen molar-refractivity contribution in [3.63, 3.8) is 0 Å². The minimum atomic E-state index is -0.408. The Morgan fingerprint density at radius 1 is 1.29 bits per heavy atom. The smallest absolute Gasteiger partial charge is 0.322 e. The number of benzene rings is 2. The van der Waals surface area contributed by atoms with Gasteiger partial charge in [0.2, 0.25) is 11.7 Å². The largest absolute Gasteiger partial charge is 0.496 e. The molecule has 8 heteroatoms. The number of urea groups is 1. The van der Waals surface area contributed by atoms with Crippen LogP contribution in [0.1, 0.15) is 24.8 Å². The number of amides is 2. The van der Waals surface area contributed by atoms with Gasteiger partial charge in [-0.1, -0.05) is 23.4 Å². The van der Waals surface area contributed by atoms with Crippen LogP contribution in [0.4, 0.5) is 14.9 Å². The Labute approximate surface area is 161 Å². The van der Waals surface area contributed by atoms with Crippen molar-refractivity contribution in [3.05, 3.63) is 60.2 Å². The molecule has 1 aliphatic rings. The van der Waals surface area contributed by atoms with Gasteiger partial charge in [0, 0.05) is 12.2 Å². The zero-order chi connectivity index (χ0) is 19.5. The zero-order valence-electron chi connectivity index (χ0n) is 15.3. The number of nitrogens with zero attached hydrogens (tertiary/aromatic N) is 3. The number of halogens is 1. The van der Waals surface area contributed by atoms with E-state index in [9.17, 15) is 9.18 Å². The molecule has 1 aromatic heterocycles. The minimum Gasteiger partial charge on any atom is -0.496 e. The fourth-order valence-electron chi connectivity index (χ4n) is 3.34. The lowest BCUT2D eigenvalue weighted by Gasteiger charge is -2.22. The number of rotatable bonds is 4. The summed E-state index contributed by atoms with van der Waals surface area (Å²) in [5, 5.41) is 6.77. The van der Waals surface area contributed by atoms with E-state index in [1.54, 1.807) is 24.1 Å². The first-order valence-electron chi connectivity index (χ1n) is 8.96. The maximum absolute atomic E-state index is 13.4. The van der Waals surface area contributed by atoms with E-state index in [2.05, 4.69) is 15.5 Å². The highest BCUT2D eigenvalue weighted by Gasteiger charge is 2.34. The van der Waals surface area contributed by atoms with Crippen molar-refractivity contribution in [2.45, 2.75) is 18.9 Å². The maximum atomic E-state index is 13.4. The van der Waals surface area contributed by atoms with Gasteiger partial charge < -0.3 is 19.5 Å². The molecule has 0 saturated carbocycles. The van der Waals surface area contributed by atoms with Crippen molar-refractivity contribution in [2.24, 2.45) is 0 Å². The second-order valence-electron chi connectivity index (χ2n) is 6.45. The Balaban J connectivity index is 1.54. The molecule has 3 aromatic rings. The fraction of sp³-hybridized carbons (Fsp3) is 0.250. The molecule has 0 spiro atoms. The Morgan fingerprint density at radius 2 is 2.14 bits per heavy atom. The van der Waals surface area contributed by atoms with Crippen molar-refractivity contribution < 1.29 is 18.4 Å². The molecule has 2 amide bonds. The van der Waals surface area contributed by atoms with E-state index in [0.29, 0.717) is 41.7 Å². The summed E-state index contributed by atoms with van der Waals surface area (Å²) in [7, 11) is 1.58. The number of hydrogen-bond acceptors (Lipinski definition) is 5. The average molecular weight is 382 g/mol. The summed E-state index contributed by atoms with van der Waals surface area (Å²) in [5.41, 5.74) is 1.12. The molecule has 1 N–H and O–H groups in total. The number of nitrogens with one attached hydrogen (secondary N) is 1. The van der Waals surface area contributed by atoms with Crippen LogP contribution in [0, 0.1) is 5.82 Å². The van der Waals surface area contributed by atoms with E-state index >= 15 is 0 Å². The standard InChI is InChI=1S/C20H19FN4O3/c1-27-17-10-3-2-8-15(17)18-23-19(28-24-18)16-9-5-11-25(16)20(26)22-14-7-4-6-13(21)12-14/h2-4,6-8,10,12,16H,5,9,11H2,1H3,(H,22,26). The Hall–Kier alpha value is -3.42. The van der Waals surface area contributed by atoms with Crippen LogP contribution in [0.3, 0.4) is 0 Å². The van der Waals surface area contributed by atoms with Crippen LogP contribution >= 0.6 is 0 Å². The molecule has 2 aromatic carbocycles. The number of hydrogen-bond donors (Lipinski definition) is 1. The first-order valence-corrected chi connectivity index (χ1v) is 8.96. The molecule has 7 nitrogen and oxygen atoms in total. The molecule has 144 valence electrons. The molecular weight excluding hydrogens is 363 g/mol. The molecule has 1 unspecified atom stereocenters. The van der Waals surface area contributed by atoms with Gasteiger partial charge in [0.15, 0.2) is 0 Å². The van der Waals surface area contributed by atoms with Crippen LogP contribution in [0.2, 0.25) is 0 Å². The second kappa shape index (κ2) is 7.67. The summed E-state index contributed by atoms with van der Waals surface area (Å²) < 4.78 is 24.2. The van der Waals surface area contributed by atoms with E-state index in [-0.39, 0.29) is 12.1 Å².